The molecule has 2 aromatic heterocycles. The van der Waals surface area contributed by atoms with Crippen LogP contribution in [0.3, 0.4) is 0 Å². The summed E-state index contributed by atoms with van der Waals surface area (Å²) in [5.41, 5.74) is 5.40. The zero-order valence-electron chi connectivity index (χ0n) is 17.4. The molecule has 1 amide bonds. The number of carbonyl (C=O) groups excluding carboxylic acids is 1. The summed E-state index contributed by atoms with van der Waals surface area (Å²) in [4.78, 5) is 12.6. The monoisotopic (exact) mass is 395 g/mol. The van der Waals surface area contributed by atoms with E-state index in [0.29, 0.717) is 19.5 Å². The molecule has 0 unspecified atom stereocenters. The predicted molar refractivity (Wildman–Crippen MR) is 112 cm³/mol. The van der Waals surface area contributed by atoms with Crippen LogP contribution in [0.4, 0.5) is 0 Å². The summed E-state index contributed by atoms with van der Waals surface area (Å²) in [6, 6.07) is 8.68. The number of rotatable bonds is 6. The van der Waals surface area contributed by atoms with Crippen LogP contribution in [0.25, 0.3) is 11.0 Å². The minimum Gasteiger partial charge on any atom is -0.381 e. The first kappa shape index (κ1) is 19.6. The summed E-state index contributed by atoms with van der Waals surface area (Å²) in [5, 5.41) is 12.0. The molecule has 1 N–H and O–H groups in total. The van der Waals surface area contributed by atoms with Crippen molar-refractivity contribution < 1.29 is 9.53 Å². The lowest BCUT2D eigenvalue weighted by Crippen LogP contribution is -2.44. The van der Waals surface area contributed by atoms with E-state index in [0.717, 1.165) is 42.8 Å². The Morgan fingerprint density at radius 2 is 1.93 bits per heavy atom. The maximum atomic E-state index is 12.6. The standard InChI is InChI=1S/C22H29N5O2/c1-16-4-6-18(7-5-16)22(9-12-29-13-10-22)15-23-20(28)8-11-27-21-17(2)25-26(3)19(21)14-24-27/h4-7,14H,8-13,15H2,1-3H3,(H,23,28). The summed E-state index contributed by atoms with van der Waals surface area (Å²) in [7, 11) is 1.91. The van der Waals surface area contributed by atoms with Crippen LogP contribution in [0.15, 0.2) is 30.5 Å². The van der Waals surface area contributed by atoms with Crippen molar-refractivity contribution in [2.75, 3.05) is 19.8 Å². The maximum Gasteiger partial charge on any atom is 0.221 e. The number of nitrogens with one attached hydrogen (secondary N) is 1. The zero-order valence-corrected chi connectivity index (χ0v) is 17.4. The van der Waals surface area contributed by atoms with Crippen molar-refractivity contribution in [3.8, 4) is 0 Å². The third-order valence-electron chi connectivity index (χ3n) is 6.10. The van der Waals surface area contributed by atoms with Crippen molar-refractivity contribution in [1.82, 2.24) is 24.9 Å². The number of amides is 1. The molecule has 0 spiro atoms. The van der Waals surface area contributed by atoms with Crippen LogP contribution in [0.5, 0.6) is 0 Å². The van der Waals surface area contributed by atoms with Crippen molar-refractivity contribution in [2.45, 2.75) is 45.1 Å². The van der Waals surface area contributed by atoms with Crippen LogP contribution < -0.4 is 5.32 Å². The van der Waals surface area contributed by atoms with Gasteiger partial charge in [0, 0.05) is 38.6 Å². The van der Waals surface area contributed by atoms with Gasteiger partial charge in [-0.15, -0.1) is 0 Å². The summed E-state index contributed by atoms with van der Waals surface area (Å²) in [6.07, 6.45) is 4.04. The Morgan fingerprint density at radius 3 is 2.66 bits per heavy atom. The Kier molecular flexibility index (Phi) is 5.41. The van der Waals surface area contributed by atoms with Crippen LogP contribution in [0.1, 0.15) is 36.1 Å². The fourth-order valence-corrected chi connectivity index (χ4v) is 4.28. The molecule has 0 atom stereocenters. The lowest BCUT2D eigenvalue weighted by molar-refractivity contribution is -0.121. The Morgan fingerprint density at radius 1 is 1.21 bits per heavy atom. The molecule has 154 valence electrons. The molecule has 1 aromatic carbocycles. The van der Waals surface area contributed by atoms with Gasteiger partial charge in [0.2, 0.25) is 5.91 Å². The molecule has 7 nitrogen and oxygen atoms in total. The van der Waals surface area contributed by atoms with Crippen molar-refractivity contribution in [3.05, 3.63) is 47.3 Å². The SMILES string of the molecule is Cc1ccc(C2(CNC(=O)CCn3ncc4c3c(C)nn4C)CCOCC2)cc1. The fourth-order valence-electron chi connectivity index (χ4n) is 4.28. The normalized spacial score (nSPS) is 16.2. The van der Waals surface area contributed by atoms with Crippen LogP contribution >= 0.6 is 0 Å². The molecule has 0 bridgehead atoms. The summed E-state index contributed by atoms with van der Waals surface area (Å²) >= 11 is 0. The number of nitrogens with zero attached hydrogens (tertiary/aromatic N) is 4. The summed E-state index contributed by atoms with van der Waals surface area (Å²) < 4.78 is 9.30. The minimum atomic E-state index is -0.0550. The van der Waals surface area contributed by atoms with E-state index < -0.39 is 0 Å². The van der Waals surface area contributed by atoms with Gasteiger partial charge in [-0.25, -0.2) is 0 Å². The van der Waals surface area contributed by atoms with Gasteiger partial charge >= 0.3 is 0 Å². The average Bonchev–Trinajstić information content (AvgIpc) is 3.27. The summed E-state index contributed by atoms with van der Waals surface area (Å²) in [6.45, 7) is 6.71. The number of aryl methyl sites for hydroxylation is 4. The van der Waals surface area contributed by atoms with Crippen LogP contribution in [-0.2, 0) is 28.5 Å². The van der Waals surface area contributed by atoms with Gasteiger partial charge in [-0.1, -0.05) is 29.8 Å². The number of benzene rings is 1. The highest BCUT2D eigenvalue weighted by molar-refractivity contribution is 5.78. The topological polar surface area (TPSA) is 74.0 Å². The number of ether oxygens (including phenoxy) is 1. The quantitative estimate of drug-likeness (QED) is 0.696. The van der Waals surface area contributed by atoms with Crippen LogP contribution in [0, 0.1) is 13.8 Å². The molecule has 0 saturated carbocycles. The van der Waals surface area contributed by atoms with Gasteiger partial charge in [0.25, 0.3) is 0 Å². The first-order valence-electron chi connectivity index (χ1n) is 10.3. The smallest absolute Gasteiger partial charge is 0.221 e. The van der Waals surface area contributed by atoms with Gasteiger partial charge in [-0.2, -0.15) is 10.2 Å². The highest BCUT2D eigenvalue weighted by Gasteiger charge is 2.34. The first-order chi connectivity index (χ1) is 14.0. The molecule has 4 rings (SSSR count). The van der Waals surface area contributed by atoms with Crippen molar-refractivity contribution in [3.63, 3.8) is 0 Å². The van der Waals surface area contributed by atoms with E-state index in [-0.39, 0.29) is 11.3 Å². The van der Waals surface area contributed by atoms with E-state index in [2.05, 4.69) is 46.7 Å². The second-order valence-electron chi connectivity index (χ2n) is 8.10. The Bertz CT molecular complexity index is 996. The third kappa shape index (κ3) is 3.92. The lowest BCUT2D eigenvalue weighted by atomic mass is 9.74. The van der Waals surface area contributed by atoms with Gasteiger partial charge in [0.1, 0.15) is 11.0 Å². The van der Waals surface area contributed by atoms with Gasteiger partial charge in [-0.05, 0) is 32.3 Å². The summed E-state index contributed by atoms with van der Waals surface area (Å²) in [5.74, 6) is 0.0492. The second-order valence-corrected chi connectivity index (χ2v) is 8.10. The van der Waals surface area contributed by atoms with Gasteiger partial charge < -0.3 is 10.1 Å². The Labute approximate surface area is 171 Å². The molecule has 0 aliphatic carbocycles. The van der Waals surface area contributed by atoms with E-state index in [4.69, 9.17) is 4.74 Å². The van der Waals surface area contributed by atoms with Crippen LogP contribution in [0.2, 0.25) is 0 Å². The van der Waals surface area contributed by atoms with E-state index >= 15 is 0 Å². The van der Waals surface area contributed by atoms with Crippen molar-refractivity contribution in [1.29, 1.82) is 0 Å². The first-order valence-corrected chi connectivity index (χ1v) is 10.3. The molecule has 1 aliphatic heterocycles. The van der Waals surface area contributed by atoms with Gasteiger partial charge in [-0.3, -0.25) is 14.2 Å². The number of fused-ring (bicyclic) bond motifs is 1. The molecule has 0 radical (unpaired) electrons. The van der Waals surface area contributed by atoms with E-state index in [9.17, 15) is 4.79 Å². The molecule has 1 fully saturated rings. The molecule has 1 aliphatic rings. The maximum absolute atomic E-state index is 12.6. The lowest BCUT2D eigenvalue weighted by Gasteiger charge is -2.38. The minimum absolute atomic E-state index is 0.0492. The van der Waals surface area contributed by atoms with Gasteiger partial charge in [0.05, 0.1) is 18.4 Å². The second kappa shape index (κ2) is 7.99. The van der Waals surface area contributed by atoms with Gasteiger partial charge in [0.15, 0.2) is 0 Å². The molecule has 3 heterocycles. The molecular formula is C22H29N5O2. The molecule has 1 saturated heterocycles. The number of hydrogen-bond donors (Lipinski definition) is 1. The number of hydrogen-bond acceptors (Lipinski definition) is 4. The van der Waals surface area contributed by atoms with E-state index in [1.165, 1.54) is 11.1 Å². The highest BCUT2D eigenvalue weighted by Crippen LogP contribution is 2.34. The number of carbonyl (C=O) groups is 1. The average molecular weight is 396 g/mol. The molecule has 7 heteroatoms. The zero-order chi connectivity index (χ0) is 20.4. The predicted octanol–water partition coefficient (Wildman–Crippen LogP) is 2.64. The van der Waals surface area contributed by atoms with Crippen LogP contribution in [-0.4, -0.2) is 45.2 Å². The number of aromatic nitrogens is 4. The molecular weight excluding hydrogens is 366 g/mol. The Hall–Kier alpha value is -2.67. The molecule has 29 heavy (non-hydrogen) atoms. The van der Waals surface area contributed by atoms with Crippen molar-refractivity contribution in [2.24, 2.45) is 7.05 Å². The van der Waals surface area contributed by atoms with E-state index in [1.807, 2.05) is 29.5 Å². The van der Waals surface area contributed by atoms with E-state index in [1.54, 1.807) is 0 Å². The highest BCUT2D eigenvalue weighted by atomic mass is 16.5. The Balaban J connectivity index is 1.41. The molecule has 3 aromatic rings. The van der Waals surface area contributed by atoms with Crippen molar-refractivity contribution >= 4 is 16.9 Å². The fraction of sp³-hybridized carbons (Fsp3) is 0.500. The third-order valence-corrected chi connectivity index (χ3v) is 6.10. The largest absolute Gasteiger partial charge is 0.381 e.